The number of nitrogens with zero attached hydrogens (tertiary/aromatic N) is 1. The third kappa shape index (κ3) is 8.34. The second-order valence-corrected chi connectivity index (χ2v) is 3.95. The fraction of sp³-hybridized carbons (Fsp3) is 0.385. The van der Waals surface area contributed by atoms with Crippen molar-refractivity contribution in [2.75, 3.05) is 13.1 Å². The van der Waals surface area contributed by atoms with Gasteiger partial charge in [0, 0.05) is 6.54 Å². The quantitative estimate of drug-likeness (QED) is 0.419. The van der Waals surface area contributed by atoms with Crippen molar-refractivity contribution in [2.45, 2.75) is 19.4 Å². The van der Waals surface area contributed by atoms with Crippen LogP contribution in [0, 0.1) is 0 Å². The Balaban J connectivity index is 0.00000361. The molecule has 0 aromatic heterocycles. The van der Waals surface area contributed by atoms with Crippen LogP contribution in [0.1, 0.15) is 18.4 Å². The maximum atomic E-state index is 11.4. The molecule has 0 aliphatic heterocycles. The van der Waals surface area contributed by atoms with Crippen molar-refractivity contribution in [2.24, 2.45) is 16.5 Å². The Bertz CT molecular complexity index is 412. The molecule has 0 saturated carbocycles. The van der Waals surface area contributed by atoms with Crippen molar-refractivity contribution in [1.29, 1.82) is 0 Å². The predicted octanol–water partition coefficient (Wildman–Crippen LogP) is 1.39. The SMILES string of the molecule is Cl.NCCCCN=C(N)NC(=O)OCc1ccccc1. The van der Waals surface area contributed by atoms with Gasteiger partial charge in [0.1, 0.15) is 6.61 Å². The van der Waals surface area contributed by atoms with Crippen LogP contribution in [0.25, 0.3) is 0 Å². The number of carbonyl (C=O) groups excluding carboxylic acids is 1. The Morgan fingerprint density at radius 2 is 1.95 bits per heavy atom. The fourth-order valence-electron chi connectivity index (χ4n) is 1.36. The first kappa shape index (κ1) is 18.2. The minimum atomic E-state index is -0.607. The highest BCUT2D eigenvalue weighted by Gasteiger charge is 2.03. The van der Waals surface area contributed by atoms with Gasteiger partial charge in [-0.1, -0.05) is 30.3 Å². The predicted molar refractivity (Wildman–Crippen MR) is 81.8 cm³/mol. The van der Waals surface area contributed by atoms with Gasteiger partial charge in [-0.05, 0) is 24.9 Å². The number of hydrogen-bond donors (Lipinski definition) is 3. The van der Waals surface area contributed by atoms with Crippen molar-refractivity contribution < 1.29 is 9.53 Å². The monoisotopic (exact) mass is 300 g/mol. The molecule has 1 rings (SSSR count). The number of halogens is 1. The molecule has 1 aromatic rings. The zero-order chi connectivity index (χ0) is 13.9. The van der Waals surface area contributed by atoms with E-state index in [-0.39, 0.29) is 25.0 Å². The molecular formula is C13H21ClN4O2. The molecule has 0 aliphatic rings. The van der Waals surface area contributed by atoms with E-state index in [1.54, 1.807) is 0 Å². The van der Waals surface area contributed by atoms with Gasteiger partial charge in [-0.25, -0.2) is 4.79 Å². The van der Waals surface area contributed by atoms with Gasteiger partial charge in [0.05, 0.1) is 0 Å². The van der Waals surface area contributed by atoms with E-state index in [0.29, 0.717) is 13.1 Å². The van der Waals surface area contributed by atoms with Gasteiger partial charge in [0.15, 0.2) is 5.96 Å². The van der Waals surface area contributed by atoms with Gasteiger partial charge < -0.3 is 16.2 Å². The van der Waals surface area contributed by atoms with Crippen molar-refractivity contribution in [3.05, 3.63) is 35.9 Å². The molecule has 0 atom stereocenters. The summed E-state index contributed by atoms with van der Waals surface area (Å²) in [6.45, 7) is 1.37. The molecule has 112 valence electrons. The fourth-order valence-corrected chi connectivity index (χ4v) is 1.36. The molecule has 20 heavy (non-hydrogen) atoms. The summed E-state index contributed by atoms with van der Waals surface area (Å²) < 4.78 is 5.00. The zero-order valence-electron chi connectivity index (χ0n) is 11.2. The largest absolute Gasteiger partial charge is 0.444 e. The summed E-state index contributed by atoms with van der Waals surface area (Å²) in [4.78, 5) is 15.4. The van der Waals surface area contributed by atoms with Crippen LogP contribution >= 0.6 is 12.4 Å². The normalized spacial score (nSPS) is 10.6. The first-order valence-electron chi connectivity index (χ1n) is 6.20. The van der Waals surface area contributed by atoms with Crippen LogP contribution in [0.15, 0.2) is 35.3 Å². The maximum Gasteiger partial charge on any atom is 0.414 e. The van der Waals surface area contributed by atoms with Gasteiger partial charge in [-0.3, -0.25) is 10.3 Å². The number of benzene rings is 1. The number of unbranched alkanes of at least 4 members (excludes halogenated alkanes) is 1. The van der Waals surface area contributed by atoms with Gasteiger partial charge in [-0.2, -0.15) is 0 Å². The van der Waals surface area contributed by atoms with E-state index >= 15 is 0 Å². The molecule has 0 bridgehead atoms. The van der Waals surface area contributed by atoms with Crippen molar-refractivity contribution >= 4 is 24.5 Å². The van der Waals surface area contributed by atoms with Gasteiger partial charge >= 0.3 is 6.09 Å². The van der Waals surface area contributed by atoms with Crippen LogP contribution in [-0.2, 0) is 11.3 Å². The van der Waals surface area contributed by atoms with Crippen LogP contribution in [-0.4, -0.2) is 25.1 Å². The highest BCUT2D eigenvalue weighted by molar-refractivity contribution is 5.92. The van der Waals surface area contributed by atoms with Crippen LogP contribution in [0.3, 0.4) is 0 Å². The van der Waals surface area contributed by atoms with E-state index in [2.05, 4.69) is 10.3 Å². The molecule has 5 N–H and O–H groups in total. The van der Waals surface area contributed by atoms with Crippen LogP contribution in [0.2, 0.25) is 0 Å². The van der Waals surface area contributed by atoms with Crippen molar-refractivity contribution in [3.63, 3.8) is 0 Å². The summed E-state index contributed by atoms with van der Waals surface area (Å²) in [5.41, 5.74) is 11.8. The van der Waals surface area contributed by atoms with Crippen molar-refractivity contribution in [3.8, 4) is 0 Å². The number of nitrogens with one attached hydrogen (secondary N) is 1. The van der Waals surface area contributed by atoms with E-state index in [1.165, 1.54) is 0 Å². The summed E-state index contributed by atoms with van der Waals surface area (Å²) in [5, 5.41) is 2.36. The number of alkyl carbamates (subject to hydrolysis) is 1. The second-order valence-electron chi connectivity index (χ2n) is 3.95. The summed E-state index contributed by atoms with van der Waals surface area (Å²) in [5.74, 6) is 0.0649. The number of guanidine groups is 1. The lowest BCUT2D eigenvalue weighted by Gasteiger charge is -2.06. The smallest absolute Gasteiger partial charge is 0.414 e. The number of hydrogen-bond acceptors (Lipinski definition) is 4. The van der Waals surface area contributed by atoms with E-state index in [9.17, 15) is 4.79 Å². The molecule has 0 spiro atoms. The molecule has 0 heterocycles. The summed E-state index contributed by atoms with van der Waals surface area (Å²) >= 11 is 0. The van der Waals surface area contributed by atoms with Crippen molar-refractivity contribution in [1.82, 2.24) is 5.32 Å². The first-order valence-corrected chi connectivity index (χ1v) is 6.20. The minimum Gasteiger partial charge on any atom is -0.444 e. The molecule has 0 fully saturated rings. The average molecular weight is 301 g/mol. The van der Waals surface area contributed by atoms with Crippen LogP contribution < -0.4 is 16.8 Å². The lowest BCUT2D eigenvalue weighted by Crippen LogP contribution is -2.37. The Morgan fingerprint density at radius 3 is 2.60 bits per heavy atom. The number of ether oxygens (including phenoxy) is 1. The Hall–Kier alpha value is -1.79. The molecule has 6 nitrogen and oxygen atoms in total. The van der Waals surface area contributed by atoms with E-state index in [4.69, 9.17) is 16.2 Å². The van der Waals surface area contributed by atoms with E-state index in [1.807, 2.05) is 30.3 Å². The van der Waals surface area contributed by atoms with E-state index < -0.39 is 6.09 Å². The zero-order valence-corrected chi connectivity index (χ0v) is 12.1. The Kier molecular flexibility index (Phi) is 10.1. The van der Waals surface area contributed by atoms with Gasteiger partial charge in [0.2, 0.25) is 0 Å². The average Bonchev–Trinajstić information content (AvgIpc) is 2.42. The second kappa shape index (κ2) is 11.1. The molecule has 0 saturated heterocycles. The van der Waals surface area contributed by atoms with Gasteiger partial charge in [0.25, 0.3) is 0 Å². The lowest BCUT2D eigenvalue weighted by atomic mass is 10.2. The topological polar surface area (TPSA) is 103 Å². The Morgan fingerprint density at radius 1 is 1.25 bits per heavy atom. The molecular weight excluding hydrogens is 280 g/mol. The molecule has 0 unspecified atom stereocenters. The summed E-state index contributed by atoms with van der Waals surface area (Å²) in [7, 11) is 0. The number of nitrogens with two attached hydrogens (primary N) is 2. The standard InChI is InChI=1S/C13H20N4O2.ClH/c14-8-4-5-9-16-12(15)17-13(18)19-10-11-6-2-1-3-7-11;/h1-3,6-7H,4-5,8-10,14H2,(H3,15,16,17,18);1H. The minimum absolute atomic E-state index is 0. The number of rotatable bonds is 6. The molecule has 7 heteroatoms. The highest BCUT2D eigenvalue weighted by Crippen LogP contribution is 2.00. The van der Waals surface area contributed by atoms with Crippen LogP contribution in [0.4, 0.5) is 4.79 Å². The molecule has 1 amide bonds. The highest BCUT2D eigenvalue weighted by atomic mass is 35.5. The molecule has 0 aliphatic carbocycles. The van der Waals surface area contributed by atoms with E-state index in [0.717, 1.165) is 18.4 Å². The number of aliphatic imine (C=N–C) groups is 1. The third-order valence-corrected chi connectivity index (χ3v) is 2.34. The lowest BCUT2D eigenvalue weighted by molar-refractivity contribution is 0.145. The summed E-state index contributed by atoms with van der Waals surface area (Å²) in [6.07, 6.45) is 1.12. The maximum absolute atomic E-state index is 11.4. The number of carbonyl (C=O) groups is 1. The molecule has 0 radical (unpaired) electrons. The Labute approximate surface area is 125 Å². The summed E-state index contributed by atoms with van der Waals surface area (Å²) in [6, 6.07) is 9.40. The molecule has 1 aromatic carbocycles. The van der Waals surface area contributed by atoms with Gasteiger partial charge in [-0.15, -0.1) is 12.4 Å². The third-order valence-electron chi connectivity index (χ3n) is 2.34. The van der Waals surface area contributed by atoms with Crippen LogP contribution in [0.5, 0.6) is 0 Å². The number of amides is 1. The first-order chi connectivity index (χ1) is 9.22.